The molecule has 1 amide bonds. The van der Waals surface area contributed by atoms with E-state index < -0.39 is 0 Å². The molecule has 2 atom stereocenters. The predicted octanol–water partition coefficient (Wildman–Crippen LogP) is 2.89. The van der Waals surface area contributed by atoms with E-state index in [1.807, 2.05) is 0 Å². The van der Waals surface area contributed by atoms with Gasteiger partial charge in [0.05, 0.1) is 5.71 Å². The third-order valence-corrected chi connectivity index (χ3v) is 4.40. The second kappa shape index (κ2) is 5.16. The van der Waals surface area contributed by atoms with Gasteiger partial charge < -0.3 is 0 Å². The van der Waals surface area contributed by atoms with Crippen LogP contribution in [0.25, 0.3) is 0 Å². The topological polar surface area (TPSA) is 41.5 Å². The first-order valence-corrected chi connectivity index (χ1v) is 7.26. The molecule has 1 heterocycles. The summed E-state index contributed by atoms with van der Waals surface area (Å²) in [5.74, 6) is 0.556. The predicted molar refractivity (Wildman–Crippen MR) is 75.9 cm³/mol. The molecule has 1 fully saturated rings. The second-order valence-corrected chi connectivity index (χ2v) is 5.52. The molecule has 1 aromatic carbocycles. The molecule has 100 valence electrons. The average molecular weight is 256 g/mol. The van der Waals surface area contributed by atoms with Crippen molar-refractivity contribution >= 4 is 11.6 Å². The van der Waals surface area contributed by atoms with E-state index in [0.717, 1.165) is 37.0 Å². The van der Waals surface area contributed by atoms with Crippen molar-refractivity contribution in [1.29, 1.82) is 0 Å². The van der Waals surface area contributed by atoms with E-state index in [1.165, 1.54) is 12.0 Å². The van der Waals surface area contributed by atoms with Crippen LogP contribution in [0.3, 0.4) is 0 Å². The van der Waals surface area contributed by atoms with Gasteiger partial charge in [-0.2, -0.15) is 5.10 Å². The first kappa shape index (κ1) is 12.4. The molecule has 0 spiro atoms. The fraction of sp³-hybridized carbons (Fsp3) is 0.500. The van der Waals surface area contributed by atoms with Gasteiger partial charge in [0.1, 0.15) is 0 Å². The molecule has 3 nitrogen and oxygen atoms in total. The van der Waals surface area contributed by atoms with Crippen molar-refractivity contribution in [3.8, 4) is 0 Å². The number of carbonyl (C=O) groups is 1. The number of hydrogen-bond acceptors (Lipinski definition) is 2. The largest absolute Gasteiger partial charge is 0.273 e. The van der Waals surface area contributed by atoms with Gasteiger partial charge in [-0.25, -0.2) is 5.43 Å². The second-order valence-electron chi connectivity index (χ2n) is 5.52. The lowest BCUT2D eigenvalue weighted by molar-refractivity contribution is -0.127. The molecule has 0 bridgehead atoms. The summed E-state index contributed by atoms with van der Waals surface area (Å²) in [6.07, 6.45) is 5.52. The third kappa shape index (κ3) is 2.29. The van der Waals surface area contributed by atoms with E-state index >= 15 is 0 Å². The molecule has 19 heavy (non-hydrogen) atoms. The van der Waals surface area contributed by atoms with Crippen LogP contribution in [0, 0.1) is 11.8 Å². The van der Waals surface area contributed by atoms with Gasteiger partial charge in [0.25, 0.3) is 0 Å². The number of hydrazone groups is 1. The van der Waals surface area contributed by atoms with Crippen LogP contribution in [0.2, 0.25) is 0 Å². The summed E-state index contributed by atoms with van der Waals surface area (Å²) in [4.78, 5) is 11.9. The summed E-state index contributed by atoms with van der Waals surface area (Å²) in [5, 5.41) is 4.34. The zero-order valence-corrected chi connectivity index (χ0v) is 11.4. The van der Waals surface area contributed by atoms with Gasteiger partial charge in [-0.05, 0) is 30.4 Å². The van der Waals surface area contributed by atoms with Crippen LogP contribution in [-0.4, -0.2) is 11.6 Å². The SMILES string of the molecule is CCc1ccc(C2=NNC(=O)[C@H]3CCCC[C@H]23)cc1. The fourth-order valence-corrected chi connectivity index (χ4v) is 3.24. The minimum atomic E-state index is 0.110. The lowest BCUT2D eigenvalue weighted by Crippen LogP contribution is -2.43. The fourth-order valence-electron chi connectivity index (χ4n) is 3.24. The molecule has 0 saturated heterocycles. The zero-order valence-electron chi connectivity index (χ0n) is 11.4. The number of benzene rings is 1. The van der Waals surface area contributed by atoms with Crippen LogP contribution in [0.1, 0.15) is 43.7 Å². The van der Waals surface area contributed by atoms with E-state index in [2.05, 4.69) is 41.7 Å². The molecule has 3 heteroatoms. The Morgan fingerprint density at radius 2 is 1.84 bits per heavy atom. The van der Waals surface area contributed by atoms with Crippen molar-refractivity contribution < 1.29 is 4.79 Å². The number of carbonyl (C=O) groups excluding carboxylic acids is 1. The monoisotopic (exact) mass is 256 g/mol. The number of fused-ring (bicyclic) bond motifs is 1. The van der Waals surface area contributed by atoms with Crippen molar-refractivity contribution in [3.05, 3.63) is 35.4 Å². The molecule has 0 radical (unpaired) electrons. The van der Waals surface area contributed by atoms with Gasteiger partial charge in [-0.1, -0.05) is 44.0 Å². The highest BCUT2D eigenvalue weighted by Crippen LogP contribution is 2.35. The smallest absolute Gasteiger partial charge is 0.243 e. The molecule has 1 saturated carbocycles. The molecular formula is C16H20N2O. The van der Waals surface area contributed by atoms with Crippen LogP contribution in [-0.2, 0) is 11.2 Å². The van der Waals surface area contributed by atoms with E-state index in [0.29, 0.717) is 5.92 Å². The van der Waals surface area contributed by atoms with Crippen molar-refractivity contribution in [1.82, 2.24) is 5.43 Å². The molecule has 1 aromatic rings. The molecule has 0 unspecified atom stereocenters. The Morgan fingerprint density at radius 3 is 2.53 bits per heavy atom. The lowest BCUT2D eigenvalue weighted by atomic mass is 9.74. The van der Waals surface area contributed by atoms with E-state index in [9.17, 15) is 4.79 Å². The van der Waals surface area contributed by atoms with Crippen LogP contribution in [0.5, 0.6) is 0 Å². The van der Waals surface area contributed by atoms with Crippen LogP contribution in [0.15, 0.2) is 29.4 Å². The van der Waals surface area contributed by atoms with Crippen molar-refractivity contribution in [2.24, 2.45) is 16.9 Å². The first-order valence-electron chi connectivity index (χ1n) is 7.26. The normalized spacial score (nSPS) is 26.4. The van der Waals surface area contributed by atoms with Crippen molar-refractivity contribution in [2.75, 3.05) is 0 Å². The highest BCUT2D eigenvalue weighted by atomic mass is 16.2. The summed E-state index contributed by atoms with van der Waals surface area (Å²) >= 11 is 0. The van der Waals surface area contributed by atoms with Crippen molar-refractivity contribution in [3.63, 3.8) is 0 Å². The Labute approximate surface area is 114 Å². The van der Waals surface area contributed by atoms with Gasteiger partial charge in [0, 0.05) is 11.8 Å². The number of rotatable bonds is 2. The Bertz CT molecular complexity index is 504. The molecular weight excluding hydrogens is 236 g/mol. The average Bonchev–Trinajstić information content (AvgIpc) is 2.48. The minimum absolute atomic E-state index is 0.110. The number of nitrogens with one attached hydrogen (secondary N) is 1. The van der Waals surface area contributed by atoms with Crippen LogP contribution >= 0.6 is 0 Å². The highest BCUT2D eigenvalue weighted by Gasteiger charge is 2.37. The van der Waals surface area contributed by atoms with Crippen LogP contribution in [0.4, 0.5) is 0 Å². The molecule has 2 aliphatic rings. The Morgan fingerprint density at radius 1 is 1.16 bits per heavy atom. The maximum absolute atomic E-state index is 11.9. The Kier molecular flexibility index (Phi) is 3.36. The summed E-state index contributed by atoms with van der Waals surface area (Å²) in [6, 6.07) is 8.60. The Hall–Kier alpha value is -1.64. The van der Waals surface area contributed by atoms with E-state index in [1.54, 1.807) is 0 Å². The highest BCUT2D eigenvalue weighted by molar-refractivity contribution is 6.06. The molecule has 0 aromatic heterocycles. The van der Waals surface area contributed by atoms with Crippen LogP contribution < -0.4 is 5.43 Å². The van der Waals surface area contributed by atoms with Gasteiger partial charge in [-0.15, -0.1) is 0 Å². The summed E-state index contributed by atoms with van der Waals surface area (Å²) < 4.78 is 0. The minimum Gasteiger partial charge on any atom is -0.273 e. The van der Waals surface area contributed by atoms with Gasteiger partial charge in [0.2, 0.25) is 5.91 Å². The molecule has 1 N–H and O–H groups in total. The van der Waals surface area contributed by atoms with Gasteiger partial charge in [-0.3, -0.25) is 4.79 Å². The number of aryl methyl sites for hydroxylation is 1. The maximum atomic E-state index is 11.9. The van der Waals surface area contributed by atoms with E-state index in [-0.39, 0.29) is 11.8 Å². The summed E-state index contributed by atoms with van der Waals surface area (Å²) in [7, 11) is 0. The maximum Gasteiger partial charge on any atom is 0.243 e. The summed E-state index contributed by atoms with van der Waals surface area (Å²) in [6.45, 7) is 2.16. The summed E-state index contributed by atoms with van der Waals surface area (Å²) in [5.41, 5.74) is 6.28. The number of hydrogen-bond donors (Lipinski definition) is 1. The molecule has 1 aliphatic heterocycles. The third-order valence-electron chi connectivity index (χ3n) is 4.40. The lowest BCUT2D eigenvalue weighted by Gasteiger charge is -2.34. The number of amides is 1. The molecule has 1 aliphatic carbocycles. The quantitative estimate of drug-likeness (QED) is 0.868. The Balaban J connectivity index is 1.91. The standard InChI is InChI=1S/C16H20N2O/c1-2-11-7-9-12(10-8-11)15-13-5-3-4-6-14(13)16(19)18-17-15/h7-10,13-14H,2-6H2,1H3,(H,18,19)/t13-,14-/m0/s1. The van der Waals surface area contributed by atoms with Gasteiger partial charge >= 0.3 is 0 Å². The zero-order chi connectivity index (χ0) is 13.2. The van der Waals surface area contributed by atoms with Gasteiger partial charge in [0.15, 0.2) is 0 Å². The number of nitrogens with zero attached hydrogens (tertiary/aromatic N) is 1. The molecule has 3 rings (SSSR count). The van der Waals surface area contributed by atoms with E-state index in [4.69, 9.17) is 0 Å². The first-order chi connectivity index (χ1) is 9.29. The van der Waals surface area contributed by atoms with Crippen molar-refractivity contribution in [2.45, 2.75) is 39.0 Å².